The van der Waals surface area contributed by atoms with E-state index in [4.69, 9.17) is 9.97 Å². The molecule has 0 saturated heterocycles. The van der Waals surface area contributed by atoms with Gasteiger partial charge in [-0.15, -0.1) is 0 Å². The van der Waals surface area contributed by atoms with Crippen LogP contribution in [0.4, 0.5) is 0 Å². The molecular formula is C64H40N3OP. The second kappa shape index (κ2) is 15.4. The average Bonchev–Trinajstić information content (AvgIpc) is 3.81. The maximum Gasteiger partial charge on any atom is 0.172 e. The first-order valence-electron chi connectivity index (χ1n) is 23.4. The molecular weight excluding hydrogens is 858 g/mol. The smallest absolute Gasteiger partial charge is 0.172 e. The van der Waals surface area contributed by atoms with Gasteiger partial charge in [-0.1, -0.05) is 188 Å². The lowest BCUT2D eigenvalue weighted by Gasteiger charge is -2.21. The third-order valence-electron chi connectivity index (χ3n) is 14.3. The van der Waals surface area contributed by atoms with Crippen molar-refractivity contribution in [2.75, 3.05) is 0 Å². The van der Waals surface area contributed by atoms with Crippen LogP contribution in [0.2, 0.25) is 0 Å². The van der Waals surface area contributed by atoms with Gasteiger partial charge in [0.1, 0.15) is 5.65 Å². The zero-order valence-electron chi connectivity index (χ0n) is 37.3. The van der Waals surface area contributed by atoms with Crippen LogP contribution in [0.3, 0.4) is 0 Å². The molecule has 1 unspecified atom stereocenters. The Kier molecular flexibility index (Phi) is 8.83. The summed E-state index contributed by atoms with van der Waals surface area (Å²) in [5.41, 5.74) is 11.8. The monoisotopic (exact) mass is 897 g/mol. The van der Waals surface area contributed by atoms with E-state index in [0.717, 1.165) is 87.4 Å². The highest BCUT2D eigenvalue weighted by atomic mass is 31.2. The Morgan fingerprint density at radius 1 is 0.348 bits per heavy atom. The molecule has 3 aromatic heterocycles. The summed E-state index contributed by atoms with van der Waals surface area (Å²) in [6.07, 6.45) is 1.80. The van der Waals surface area contributed by atoms with E-state index >= 15 is 4.57 Å². The van der Waals surface area contributed by atoms with E-state index in [1.807, 2.05) is 60.7 Å². The topological polar surface area (TPSA) is 47.3 Å². The van der Waals surface area contributed by atoms with Gasteiger partial charge in [-0.2, -0.15) is 0 Å². The standard InChI is InChI=1S/C64H40N3OP/c68-69(52-32-26-41-10-1-2-13-47(41)36-52,53-37-50-14-5-8-19-59(50)65-40-53)51-30-24-43(25-31-51)42-20-22-44(23-21-42)48-29-35-61-58(38-48)63-56-17-7-4-12-46(56)27-33-57(63)64-66-60-34-28-49(39-62(60)67(61)64)55-18-9-15-45-11-3-6-16-54(45)55/h1-40H. The third kappa shape index (κ3) is 6.27. The zero-order chi connectivity index (χ0) is 45.6. The Morgan fingerprint density at radius 3 is 1.75 bits per heavy atom. The molecule has 11 aromatic carbocycles. The van der Waals surface area contributed by atoms with Crippen molar-refractivity contribution in [1.82, 2.24) is 14.4 Å². The number of benzene rings is 11. The maximum atomic E-state index is 15.8. The summed E-state index contributed by atoms with van der Waals surface area (Å²) in [4.78, 5) is 10.1. The number of para-hydroxylation sites is 1. The van der Waals surface area contributed by atoms with Crippen LogP contribution in [0.25, 0.3) is 115 Å². The van der Waals surface area contributed by atoms with Gasteiger partial charge < -0.3 is 4.57 Å². The molecule has 0 N–H and O–H groups in total. The van der Waals surface area contributed by atoms with E-state index in [2.05, 4.69) is 180 Å². The Hall–Kier alpha value is -8.69. The van der Waals surface area contributed by atoms with Crippen LogP contribution in [0.1, 0.15) is 0 Å². The average molecular weight is 898 g/mol. The third-order valence-corrected chi connectivity index (χ3v) is 17.3. The Balaban J connectivity index is 0.871. The van der Waals surface area contributed by atoms with Crippen LogP contribution in [0.15, 0.2) is 243 Å². The molecule has 0 aliphatic rings. The SMILES string of the molecule is O=P(c1ccc(-c2ccc(-c3ccc4c(c3)c3c5ccccc5ccc3c3nc5ccc(-c6cccc7ccccc67)cc5n43)cc2)cc1)(c1ccc2ccccc2c1)c1cnc2ccccc2c1. The van der Waals surface area contributed by atoms with Crippen LogP contribution in [0.5, 0.6) is 0 Å². The summed E-state index contributed by atoms with van der Waals surface area (Å²) in [5.74, 6) is 0. The van der Waals surface area contributed by atoms with Gasteiger partial charge in [-0.05, 0) is 114 Å². The highest BCUT2D eigenvalue weighted by Gasteiger charge is 2.31. The molecule has 3 heterocycles. The Morgan fingerprint density at radius 2 is 0.942 bits per heavy atom. The van der Waals surface area contributed by atoms with Gasteiger partial charge in [-0.25, -0.2) is 4.98 Å². The molecule has 69 heavy (non-hydrogen) atoms. The lowest BCUT2D eigenvalue weighted by atomic mass is 9.95. The highest BCUT2D eigenvalue weighted by Crippen LogP contribution is 2.45. The molecule has 0 aliphatic heterocycles. The van der Waals surface area contributed by atoms with Crippen molar-refractivity contribution in [3.05, 3.63) is 243 Å². The lowest BCUT2D eigenvalue weighted by Crippen LogP contribution is -2.25. The minimum atomic E-state index is -3.32. The van der Waals surface area contributed by atoms with Gasteiger partial charge in [0.05, 0.1) is 22.1 Å². The second-order valence-electron chi connectivity index (χ2n) is 18.1. The Labute approximate surface area is 397 Å². The van der Waals surface area contributed by atoms with E-state index in [-0.39, 0.29) is 0 Å². The summed E-state index contributed by atoms with van der Waals surface area (Å²) < 4.78 is 18.2. The summed E-state index contributed by atoms with van der Waals surface area (Å²) in [7, 11) is -3.32. The number of fused-ring (bicyclic) bond motifs is 13. The molecule has 0 radical (unpaired) electrons. The molecule has 5 heteroatoms. The largest absolute Gasteiger partial charge is 0.309 e. The summed E-state index contributed by atoms with van der Waals surface area (Å²) in [5, 5.41) is 13.8. The molecule has 0 amide bonds. The molecule has 0 spiro atoms. The molecule has 0 aliphatic carbocycles. The Bertz CT molecular complexity index is 4370. The minimum Gasteiger partial charge on any atom is -0.309 e. The number of aromatic nitrogens is 3. The molecule has 4 nitrogen and oxygen atoms in total. The van der Waals surface area contributed by atoms with E-state index in [0.29, 0.717) is 0 Å². The predicted molar refractivity (Wildman–Crippen MR) is 291 cm³/mol. The van der Waals surface area contributed by atoms with Crippen molar-refractivity contribution in [2.24, 2.45) is 0 Å². The number of imidazole rings is 1. The highest BCUT2D eigenvalue weighted by molar-refractivity contribution is 7.85. The minimum absolute atomic E-state index is 0.720. The summed E-state index contributed by atoms with van der Waals surface area (Å²) >= 11 is 0. The molecule has 322 valence electrons. The summed E-state index contributed by atoms with van der Waals surface area (Å²) in [6.45, 7) is 0. The number of pyridine rings is 2. The van der Waals surface area contributed by atoms with Crippen molar-refractivity contribution in [1.29, 1.82) is 0 Å². The molecule has 0 saturated carbocycles. The number of hydrogen-bond acceptors (Lipinski definition) is 3. The number of rotatable bonds is 6. The first-order valence-corrected chi connectivity index (χ1v) is 25.1. The molecule has 1 atom stereocenters. The van der Waals surface area contributed by atoms with Gasteiger partial charge in [0.15, 0.2) is 7.14 Å². The second-order valence-corrected chi connectivity index (χ2v) is 20.9. The van der Waals surface area contributed by atoms with Crippen molar-refractivity contribution in [3.63, 3.8) is 0 Å². The van der Waals surface area contributed by atoms with Gasteiger partial charge in [0, 0.05) is 43.7 Å². The van der Waals surface area contributed by atoms with Crippen LogP contribution in [-0.2, 0) is 4.57 Å². The molecule has 14 aromatic rings. The zero-order valence-corrected chi connectivity index (χ0v) is 38.2. The molecule has 0 bridgehead atoms. The van der Waals surface area contributed by atoms with E-state index in [1.165, 1.54) is 43.4 Å². The van der Waals surface area contributed by atoms with Crippen molar-refractivity contribution < 1.29 is 4.57 Å². The van der Waals surface area contributed by atoms with Gasteiger partial charge in [0.2, 0.25) is 0 Å². The maximum absolute atomic E-state index is 15.8. The van der Waals surface area contributed by atoms with E-state index in [1.54, 1.807) is 6.20 Å². The van der Waals surface area contributed by atoms with E-state index in [9.17, 15) is 0 Å². The fourth-order valence-corrected chi connectivity index (χ4v) is 13.4. The number of nitrogens with zero attached hydrogens (tertiary/aromatic N) is 3. The fourth-order valence-electron chi connectivity index (χ4n) is 10.8. The molecule has 14 rings (SSSR count). The summed E-state index contributed by atoms with van der Waals surface area (Å²) in [6, 6.07) is 83.4. The van der Waals surface area contributed by atoms with Gasteiger partial charge >= 0.3 is 0 Å². The fraction of sp³-hybridized carbons (Fsp3) is 0. The van der Waals surface area contributed by atoms with Crippen molar-refractivity contribution >= 4 is 105 Å². The molecule has 0 fully saturated rings. The van der Waals surface area contributed by atoms with Crippen LogP contribution in [-0.4, -0.2) is 14.4 Å². The van der Waals surface area contributed by atoms with Crippen LogP contribution < -0.4 is 15.9 Å². The van der Waals surface area contributed by atoms with Crippen LogP contribution >= 0.6 is 7.14 Å². The quantitative estimate of drug-likeness (QED) is 0.123. The normalized spacial score (nSPS) is 12.8. The van der Waals surface area contributed by atoms with Crippen LogP contribution in [0, 0.1) is 0 Å². The van der Waals surface area contributed by atoms with Gasteiger partial charge in [0.25, 0.3) is 0 Å². The van der Waals surface area contributed by atoms with Gasteiger partial charge in [-0.3, -0.25) is 9.38 Å². The van der Waals surface area contributed by atoms with E-state index < -0.39 is 7.14 Å². The van der Waals surface area contributed by atoms with Crippen molar-refractivity contribution in [3.8, 4) is 33.4 Å². The first-order chi connectivity index (χ1) is 34.0. The first kappa shape index (κ1) is 39.5. The predicted octanol–water partition coefficient (Wildman–Crippen LogP) is 15.4. The number of hydrogen-bond donors (Lipinski definition) is 0. The lowest BCUT2D eigenvalue weighted by molar-refractivity contribution is 0.592. The van der Waals surface area contributed by atoms with Crippen molar-refractivity contribution in [2.45, 2.75) is 0 Å².